The minimum atomic E-state index is 0.147. The molecule has 2 rings (SSSR count). The molecule has 1 atom stereocenters. The van der Waals surface area contributed by atoms with E-state index in [0.29, 0.717) is 6.54 Å². The van der Waals surface area contributed by atoms with Gasteiger partial charge in [0.15, 0.2) is 0 Å². The third-order valence-corrected chi connectivity index (χ3v) is 3.57. The highest BCUT2D eigenvalue weighted by molar-refractivity contribution is 9.10. The van der Waals surface area contributed by atoms with E-state index >= 15 is 0 Å². The Kier molecular flexibility index (Phi) is 3.64. The zero-order valence-corrected chi connectivity index (χ0v) is 11.6. The quantitative estimate of drug-likeness (QED) is 0.946. The molecule has 0 aliphatic heterocycles. The largest absolute Gasteiger partial charge is 0.328 e. The lowest BCUT2D eigenvalue weighted by Gasteiger charge is -2.19. The number of nitrogens with two attached hydrogens (primary N) is 1. The second-order valence-corrected chi connectivity index (χ2v) is 5.04. The summed E-state index contributed by atoms with van der Waals surface area (Å²) < 4.78 is 3.21. The van der Waals surface area contributed by atoms with Gasteiger partial charge in [0.2, 0.25) is 0 Å². The SMILES string of the molecule is Cc1ncn(C(CN)c2cccc(Br)c2)c1C. The summed E-state index contributed by atoms with van der Waals surface area (Å²) in [5.41, 5.74) is 9.32. The average Bonchev–Trinajstić information content (AvgIpc) is 2.63. The third kappa shape index (κ3) is 2.42. The number of rotatable bonds is 3. The van der Waals surface area contributed by atoms with Crippen LogP contribution in [0, 0.1) is 13.8 Å². The van der Waals surface area contributed by atoms with Gasteiger partial charge in [0.1, 0.15) is 0 Å². The van der Waals surface area contributed by atoms with Gasteiger partial charge < -0.3 is 10.3 Å². The Labute approximate surface area is 110 Å². The fourth-order valence-corrected chi connectivity index (χ4v) is 2.37. The third-order valence-electron chi connectivity index (χ3n) is 3.08. The van der Waals surface area contributed by atoms with E-state index in [1.54, 1.807) is 0 Å². The standard InChI is InChI=1S/C13H16BrN3/c1-9-10(2)17(8-16-9)13(7-15)11-4-3-5-12(14)6-11/h3-6,8,13H,7,15H2,1-2H3. The normalized spacial score (nSPS) is 12.7. The molecule has 90 valence electrons. The van der Waals surface area contributed by atoms with E-state index in [4.69, 9.17) is 5.73 Å². The highest BCUT2D eigenvalue weighted by Crippen LogP contribution is 2.23. The molecule has 2 N–H and O–H groups in total. The van der Waals surface area contributed by atoms with Crippen LogP contribution in [-0.4, -0.2) is 16.1 Å². The Morgan fingerprint density at radius 1 is 1.41 bits per heavy atom. The van der Waals surface area contributed by atoms with Crippen molar-refractivity contribution in [1.29, 1.82) is 0 Å². The van der Waals surface area contributed by atoms with Crippen molar-refractivity contribution in [1.82, 2.24) is 9.55 Å². The number of hydrogen-bond acceptors (Lipinski definition) is 2. The van der Waals surface area contributed by atoms with E-state index in [9.17, 15) is 0 Å². The van der Waals surface area contributed by atoms with Gasteiger partial charge in [0, 0.05) is 16.7 Å². The monoisotopic (exact) mass is 293 g/mol. The molecule has 3 nitrogen and oxygen atoms in total. The highest BCUT2D eigenvalue weighted by atomic mass is 79.9. The Morgan fingerprint density at radius 2 is 2.18 bits per heavy atom. The summed E-state index contributed by atoms with van der Waals surface area (Å²) in [6, 6.07) is 8.39. The predicted octanol–water partition coefficient (Wildman–Crippen LogP) is 2.81. The second kappa shape index (κ2) is 5.02. The second-order valence-electron chi connectivity index (χ2n) is 4.13. The van der Waals surface area contributed by atoms with E-state index in [-0.39, 0.29) is 6.04 Å². The predicted molar refractivity (Wildman–Crippen MR) is 73.0 cm³/mol. The van der Waals surface area contributed by atoms with E-state index < -0.39 is 0 Å². The van der Waals surface area contributed by atoms with Gasteiger partial charge >= 0.3 is 0 Å². The lowest BCUT2D eigenvalue weighted by atomic mass is 10.1. The maximum Gasteiger partial charge on any atom is 0.0957 e. The lowest BCUT2D eigenvalue weighted by molar-refractivity contribution is 0.580. The lowest BCUT2D eigenvalue weighted by Crippen LogP contribution is -2.20. The van der Waals surface area contributed by atoms with Crippen LogP contribution in [0.1, 0.15) is 23.0 Å². The Bertz CT molecular complexity index is 519. The Hall–Kier alpha value is -1.13. The molecule has 0 bridgehead atoms. The molecule has 1 aromatic carbocycles. The number of hydrogen-bond donors (Lipinski definition) is 1. The van der Waals surface area contributed by atoms with Gasteiger partial charge in [-0.25, -0.2) is 4.98 Å². The molecule has 0 fully saturated rings. The fourth-order valence-electron chi connectivity index (χ4n) is 1.95. The summed E-state index contributed by atoms with van der Waals surface area (Å²) in [4.78, 5) is 4.33. The van der Waals surface area contributed by atoms with Gasteiger partial charge in [-0.1, -0.05) is 28.1 Å². The smallest absolute Gasteiger partial charge is 0.0957 e. The van der Waals surface area contributed by atoms with E-state index in [1.165, 1.54) is 11.3 Å². The van der Waals surface area contributed by atoms with Crippen LogP contribution < -0.4 is 5.73 Å². The van der Waals surface area contributed by atoms with Gasteiger partial charge in [-0.2, -0.15) is 0 Å². The molecule has 0 aliphatic rings. The van der Waals surface area contributed by atoms with Crippen LogP contribution in [0.5, 0.6) is 0 Å². The zero-order valence-electron chi connectivity index (χ0n) is 10.0. The van der Waals surface area contributed by atoms with Gasteiger partial charge in [0.25, 0.3) is 0 Å². The highest BCUT2D eigenvalue weighted by Gasteiger charge is 2.15. The number of halogens is 1. The van der Waals surface area contributed by atoms with Crippen molar-refractivity contribution in [3.63, 3.8) is 0 Å². The van der Waals surface area contributed by atoms with Crippen molar-refractivity contribution >= 4 is 15.9 Å². The average molecular weight is 294 g/mol. The van der Waals surface area contributed by atoms with Crippen molar-refractivity contribution in [2.75, 3.05) is 6.54 Å². The van der Waals surface area contributed by atoms with Crippen LogP contribution in [0.15, 0.2) is 35.1 Å². The molecule has 4 heteroatoms. The molecule has 2 aromatic rings. The van der Waals surface area contributed by atoms with Crippen molar-refractivity contribution < 1.29 is 0 Å². The summed E-state index contributed by atoms with van der Waals surface area (Å²) in [5, 5.41) is 0. The molecule has 1 aromatic heterocycles. The molecule has 1 unspecified atom stereocenters. The molecule has 0 spiro atoms. The van der Waals surface area contributed by atoms with Crippen LogP contribution in [-0.2, 0) is 0 Å². The number of aryl methyl sites for hydroxylation is 1. The molecule has 17 heavy (non-hydrogen) atoms. The summed E-state index contributed by atoms with van der Waals surface area (Å²) >= 11 is 3.49. The summed E-state index contributed by atoms with van der Waals surface area (Å²) in [6.45, 7) is 4.65. The number of benzene rings is 1. The number of nitrogens with zero attached hydrogens (tertiary/aromatic N) is 2. The van der Waals surface area contributed by atoms with Crippen LogP contribution in [0.25, 0.3) is 0 Å². The van der Waals surface area contributed by atoms with Crippen molar-refractivity contribution in [3.8, 4) is 0 Å². The van der Waals surface area contributed by atoms with Crippen molar-refractivity contribution in [2.45, 2.75) is 19.9 Å². The van der Waals surface area contributed by atoms with Crippen LogP contribution in [0.4, 0.5) is 0 Å². The van der Waals surface area contributed by atoms with Gasteiger partial charge in [-0.3, -0.25) is 0 Å². The van der Waals surface area contributed by atoms with Crippen molar-refractivity contribution in [2.24, 2.45) is 5.73 Å². The Morgan fingerprint density at radius 3 is 2.71 bits per heavy atom. The first-order valence-corrected chi connectivity index (χ1v) is 6.38. The Balaban J connectivity index is 2.44. The molecule has 0 saturated carbocycles. The molecule has 0 radical (unpaired) electrons. The number of imidazole rings is 1. The molecule has 0 amide bonds. The molecule has 1 heterocycles. The topological polar surface area (TPSA) is 43.8 Å². The summed E-state index contributed by atoms with van der Waals surface area (Å²) in [6.07, 6.45) is 1.86. The van der Waals surface area contributed by atoms with Gasteiger partial charge in [-0.15, -0.1) is 0 Å². The molecule has 0 aliphatic carbocycles. The minimum absolute atomic E-state index is 0.147. The van der Waals surface area contributed by atoms with Crippen molar-refractivity contribution in [3.05, 3.63) is 52.0 Å². The fraction of sp³-hybridized carbons (Fsp3) is 0.308. The van der Waals surface area contributed by atoms with E-state index in [1.807, 2.05) is 25.4 Å². The van der Waals surface area contributed by atoms with Gasteiger partial charge in [0.05, 0.1) is 18.1 Å². The first kappa shape index (κ1) is 12.3. The maximum atomic E-state index is 5.90. The van der Waals surface area contributed by atoms with Crippen LogP contribution in [0.3, 0.4) is 0 Å². The maximum absolute atomic E-state index is 5.90. The molecular weight excluding hydrogens is 278 g/mol. The zero-order chi connectivity index (χ0) is 12.4. The first-order chi connectivity index (χ1) is 8.13. The van der Waals surface area contributed by atoms with E-state index in [2.05, 4.69) is 44.5 Å². The minimum Gasteiger partial charge on any atom is -0.328 e. The summed E-state index contributed by atoms with van der Waals surface area (Å²) in [7, 11) is 0. The first-order valence-electron chi connectivity index (χ1n) is 5.59. The molecule has 0 saturated heterocycles. The van der Waals surface area contributed by atoms with E-state index in [0.717, 1.165) is 10.2 Å². The summed E-state index contributed by atoms with van der Waals surface area (Å²) in [5.74, 6) is 0. The number of aromatic nitrogens is 2. The van der Waals surface area contributed by atoms with Gasteiger partial charge in [-0.05, 0) is 31.5 Å². The van der Waals surface area contributed by atoms with Crippen LogP contribution >= 0.6 is 15.9 Å². The molecular formula is C13H16BrN3. The van der Waals surface area contributed by atoms with Crippen LogP contribution in [0.2, 0.25) is 0 Å².